The van der Waals surface area contributed by atoms with Gasteiger partial charge in [0.2, 0.25) is 11.3 Å². The highest BCUT2D eigenvalue weighted by atomic mass is 16.5. The van der Waals surface area contributed by atoms with Crippen molar-refractivity contribution >= 4 is 23.4 Å². The van der Waals surface area contributed by atoms with Crippen LogP contribution in [0.2, 0.25) is 0 Å². The molecule has 166 valence electrons. The monoisotopic (exact) mass is 428 g/mol. The van der Waals surface area contributed by atoms with Crippen molar-refractivity contribution in [2.75, 3.05) is 38.6 Å². The van der Waals surface area contributed by atoms with Crippen molar-refractivity contribution in [3.05, 3.63) is 65.7 Å². The second kappa shape index (κ2) is 11.2. The first kappa shape index (κ1) is 24.0. The first-order valence-electron chi connectivity index (χ1n) is 10.00. The zero-order valence-corrected chi connectivity index (χ0v) is 17.7. The van der Waals surface area contributed by atoms with Crippen LogP contribution in [0.5, 0.6) is 0 Å². The minimum Gasteiger partial charge on any atom is -0.481 e. The van der Waals surface area contributed by atoms with Gasteiger partial charge in [0.15, 0.2) is 0 Å². The van der Waals surface area contributed by atoms with Crippen LogP contribution in [0, 0.1) is 0 Å². The van der Waals surface area contributed by atoms with Crippen molar-refractivity contribution < 1.29 is 29.0 Å². The highest BCUT2D eigenvalue weighted by Crippen LogP contribution is 2.36. The third-order valence-electron chi connectivity index (χ3n) is 4.78. The molecule has 1 unspecified atom stereocenters. The van der Waals surface area contributed by atoms with E-state index in [1.54, 1.807) is 43.3 Å². The number of aliphatic carboxylic acids is 1. The highest BCUT2D eigenvalue weighted by Gasteiger charge is 2.54. The van der Waals surface area contributed by atoms with Gasteiger partial charge < -0.3 is 20.3 Å². The normalized spacial score (nSPS) is 15.7. The fourth-order valence-electron chi connectivity index (χ4n) is 3.51. The summed E-state index contributed by atoms with van der Waals surface area (Å²) in [4.78, 5) is 38.0. The maximum atomic E-state index is 13.8. The molecule has 1 saturated heterocycles. The molecule has 1 atom stereocenters. The Bertz CT molecular complexity index is 892. The fraction of sp³-hybridized carbons (Fsp3) is 0.348. The topological polar surface area (TPSA) is 119 Å². The Balaban J connectivity index is 0.000000785. The van der Waals surface area contributed by atoms with E-state index in [0.717, 1.165) is 6.92 Å². The van der Waals surface area contributed by atoms with Crippen LogP contribution >= 0.6 is 0 Å². The second-order valence-corrected chi connectivity index (χ2v) is 6.83. The van der Waals surface area contributed by atoms with Gasteiger partial charge in [-0.2, -0.15) is 0 Å². The standard InChI is InChI=1S/C21H24N2O4.C2H4O2/c1-2-27-20(25)21(16-8-4-3-5-9-16,23-12-14-26-15-13-23)19(24)17-10-6-7-11-18(17)22;1-2(3)4/h3-11H,2,12-15,22H2,1H3;1H3,(H,3,4). The van der Waals surface area contributed by atoms with E-state index in [1.807, 2.05) is 23.1 Å². The maximum Gasteiger partial charge on any atom is 0.339 e. The van der Waals surface area contributed by atoms with Gasteiger partial charge in [0.05, 0.1) is 19.8 Å². The molecule has 0 saturated carbocycles. The zero-order chi connectivity index (χ0) is 22.9. The van der Waals surface area contributed by atoms with Crippen LogP contribution in [-0.4, -0.2) is 60.6 Å². The smallest absolute Gasteiger partial charge is 0.339 e. The highest BCUT2D eigenvalue weighted by molar-refractivity contribution is 6.18. The predicted octanol–water partition coefficient (Wildman–Crippen LogP) is 2.33. The minimum atomic E-state index is -1.60. The number of hydrogen-bond donors (Lipinski definition) is 2. The molecule has 8 heteroatoms. The number of esters is 1. The number of para-hydroxylation sites is 1. The number of carboxylic acids is 1. The van der Waals surface area contributed by atoms with E-state index >= 15 is 0 Å². The van der Waals surface area contributed by atoms with Crippen LogP contribution in [-0.2, 0) is 24.6 Å². The lowest BCUT2D eigenvalue weighted by Gasteiger charge is -2.42. The Labute approximate surface area is 181 Å². The molecule has 1 aliphatic rings. The molecule has 0 aromatic heterocycles. The van der Waals surface area contributed by atoms with Crippen LogP contribution in [0.25, 0.3) is 0 Å². The van der Waals surface area contributed by atoms with Crippen molar-refractivity contribution in [1.29, 1.82) is 0 Å². The van der Waals surface area contributed by atoms with Crippen LogP contribution in [0.1, 0.15) is 29.8 Å². The molecule has 1 fully saturated rings. The van der Waals surface area contributed by atoms with Gasteiger partial charge in [0.25, 0.3) is 5.97 Å². The Morgan fingerprint density at radius 2 is 1.61 bits per heavy atom. The lowest BCUT2D eigenvalue weighted by atomic mass is 9.80. The first-order valence-corrected chi connectivity index (χ1v) is 10.00. The average molecular weight is 428 g/mol. The van der Waals surface area contributed by atoms with Crippen LogP contribution in [0.15, 0.2) is 54.6 Å². The first-order chi connectivity index (χ1) is 14.9. The molecule has 0 radical (unpaired) electrons. The van der Waals surface area contributed by atoms with Crippen molar-refractivity contribution in [2.24, 2.45) is 0 Å². The molecule has 3 rings (SSSR count). The number of carbonyl (C=O) groups excluding carboxylic acids is 2. The Morgan fingerprint density at radius 3 is 2.16 bits per heavy atom. The average Bonchev–Trinajstić information content (AvgIpc) is 2.76. The number of rotatable bonds is 6. The van der Waals surface area contributed by atoms with E-state index in [-0.39, 0.29) is 12.4 Å². The molecule has 1 heterocycles. The number of morpholine rings is 1. The lowest BCUT2D eigenvalue weighted by molar-refractivity contribution is -0.158. The maximum absolute atomic E-state index is 13.8. The number of carboxylic acid groups (broad SMARTS) is 1. The van der Waals surface area contributed by atoms with Gasteiger partial charge in [-0.3, -0.25) is 14.5 Å². The molecule has 31 heavy (non-hydrogen) atoms. The third-order valence-corrected chi connectivity index (χ3v) is 4.78. The molecule has 0 spiro atoms. The molecule has 2 aromatic carbocycles. The molecule has 1 aliphatic heterocycles. The minimum absolute atomic E-state index is 0.176. The Morgan fingerprint density at radius 1 is 1.06 bits per heavy atom. The van der Waals surface area contributed by atoms with Crippen molar-refractivity contribution in [1.82, 2.24) is 4.90 Å². The number of ether oxygens (including phenoxy) is 2. The van der Waals surface area contributed by atoms with E-state index in [2.05, 4.69) is 0 Å². The number of hydrogen-bond acceptors (Lipinski definition) is 7. The number of nitrogens with zero attached hydrogens (tertiary/aromatic N) is 1. The second-order valence-electron chi connectivity index (χ2n) is 6.83. The quantitative estimate of drug-likeness (QED) is 0.311. The van der Waals surface area contributed by atoms with E-state index < -0.39 is 17.5 Å². The molecule has 0 bridgehead atoms. The summed E-state index contributed by atoms with van der Waals surface area (Å²) in [7, 11) is 0. The van der Waals surface area contributed by atoms with Crippen LogP contribution in [0.4, 0.5) is 5.69 Å². The summed E-state index contributed by atoms with van der Waals surface area (Å²) in [5.41, 5.74) is 5.69. The van der Waals surface area contributed by atoms with Gasteiger partial charge >= 0.3 is 5.97 Å². The summed E-state index contributed by atoms with van der Waals surface area (Å²) in [6, 6.07) is 15.8. The van der Waals surface area contributed by atoms with E-state index in [9.17, 15) is 9.59 Å². The summed E-state index contributed by atoms with van der Waals surface area (Å²) in [5, 5.41) is 7.42. The zero-order valence-electron chi connectivity index (χ0n) is 17.7. The molecule has 2 aromatic rings. The summed E-state index contributed by atoms with van der Waals surface area (Å²) < 4.78 is 10.9. The largest absolute Gasteiger partial charge is 0.481 e. The van der Waals surface area contributed by atoms with E-state index in [0.29, 0.717) is 43.1 Å². The van der Waals surface area contributed by atoms with Crippen molar-refractivity contribution in [3.63, 3.8) is 0 Å². The number of Topliss-reactive ketones (excluding diaryl/α,β-unsaturated/α-hetero) is 1. The third kappa shape index (κ3) is 5.48. The molecule has 0 amide bonds. The number of carbonyl (C=O) groups is 3. The van der Waals surface area contributed by atoms with Crippen molar-refractivity contribution in [3.8, 4) is 0 Å². The molecule has 0 aliphatic carbocycles. The molecular formula is C23H28N2O6. The Hall–Kier alpha value is -3.23. The van der Waals surface area contributed by atoms with Gasteiger partial charge in [-0.1, -0.05) is 42.5 Å². The van der Waals surface area contributed by atoms with Gasteiger partial charge in [-0.15, -0.1) is 0 Å². The predicted molar refractivity (Wildman–Crippen MR) is 116 cm³/mol. The summed E-state index contributed by atoms with van der Waals surface area (Å²) >= 11 is 0. The van der Waals surface area contributed by atoms with Crippen LogP contribution < -0.4 is 5.73 Å². The van der Waals surface area contributed by atoms with E-state index in [1.165, 1.54) is 0 Å². The molecule has 8 nitrogen and oxygen atoms in total. The Kier molecular flexibility index (Phi) is 8.72. The van der Waals surface area contributed by atoms with E-state index in [4.69, 9.17) is 25.1 Å². The summed E-state index contributed by atoms with van der Waals surface area (Å²) in [6.45, 7) is 4.74. The van der Waals surface area contributed by atoms with Crippen LogP contribution in [0.3, 0.4) is 0 Å². The number of ketones is 1. The lowest BCUT2D eigenvalue weighted by Crippen LogP contribution is -2.61. The molecule has 3 N–H and O–H groups in total. The van der Waals surface area contributed by atoms with Gasteiger partial charge in [0, 0.05) is 31.3 Å². The van der Waals surface area contributed by atoms with Gasteiger partial charge in [0.1, 0.15) is 0 Å². The van der Waals surface area contributed by atoms with Gasteiger partial charge in [-0.25, -0.2) is 4.79 Å². The number of anilines is 1. The molecular weight excluding hydrogens is 400 g/mol. The number of nitrogen functional groups attached to an aromatic ring is 1. The fourth-order valence-corrected chi connectivity index (χ4v) is 3.51. The summed E-state index contributed by atoms with van der Waals surface area (Å²) in [5.74, 6) is -1.81. The van der Waals surface area contributed by atoms with Gasteiger partial charge in [-0.05, 0) is 24.6 Å². The number of benzene rings is 2. The number of nitrogens with two attached hydrogens (primary N) is 1. The van der Waals surface area contributed by atoms with Crippen molar-refractivity contribution in [2.45, 2.75) is 19.4 Å². The summed E-state index contributed by atoms with van der Waals surface area (Å²) in [6.07, 6.45) is 0. The SMILES string of the molecule is CC(=O)O.CCOC(=O)C(C(=O)c1ccccc1N)(c1ccccc1)N1CCOCC1.